The highest BCUT2D eigenvalue weighted by Crippen LogP contribution is 2.24. The lowest BCUT2D eigenvalue weighted by molar-refractivity contribution is -0.125. The van der Waals surface area contributed by atoms with Gasteiger partial charge in [-0.15, -0.1) is 0 Å². The number of benzene rings is 1. The van der Waals surface area contributed by atoms with Gasteiger partial charge in [0.05, 0.1) is 18.3 Å². The van der Waals surface area contributed by atoms with Gasteiger partial charge in [0.25, 0.3) is 5.91 Å². The highest BCUT2D eigenvalue weighted by molar-refractivity contribution is 5.97. The highest BCUT2D eigenvalue weighted by Gasteiger charge is 2.23. The zero-order valence-electron chi connectivity index (χ0n) is 12.3. The fourth-order valence-electron chi connectivity index (χ4n) is 2.16. The van der Waals surface area contributed by atoms with E-state index in [0.717, 1.165) is 0 Å². The largest absolute Gasteiger partial charge is 0.370 e. The average molecular weight is 310 g/mol. The second-order valence-electron chi connectivity index (χ2n) is 4.83. The van der Waals surface area contributed by atoms with Crippen molar-refractivity contribution in [3.05, 3.63) is 24.0 Å². The van der Waals surface area contributed by atoms with Crippen molar-refractivity contribution in [3.8, 4) is 0 Å². The summed E-state index contributed by atoms with van der Waals surface area (Å²) in [5.41, 5.74) is 5.93. The minimum Gasteiger partial charge on any atom is -0.370 e. The predicted octanol–water partition coefficient (Wildman–Crippen LogP) is -0.326. The SMILES string of the molecule is CN[C@H](CN)C(=O)Nc1ccc(N2CCOCC2=O)c(F)c1. The number of hydrogen-bond donors (Lipinski definition) is 3. The molecule has 2 amide bonds. The van der Waals surface area contributed by atoms with E-state index in [1.165, 1.54) is 17.0 Å². The van der Waals surface area contributed by atoms with E-state index in [4.69, 9.17) is 10.5 Å². The summed E-state index contributed by atoms with van der Waals surface area (Å²) in [5.74, 6) is -1.22. The molecule has 1 aromatic rings. The van der Waals surface area contributed by atoms with Crippen LogP contribution in [0.3, 0.4) is 0 Å². The molecule has 0 spiro atoms. The van der Waals surface area contributed by atoms with Gasteiger partial charge in [0, 0.05) is 18.8 Å². The minimum absolute atomic E-state index is 0.0573. The molecular formula is C14H19FN4O3. The highest BCUT2D eigenvalue weighted by atomic mass is 19.1. The Hall–Kier alpha value is -2.03. The number of ether oxygens (including phenoxy) is 1. The quantitative estimate of drug-likeness (QED) is 0.692. The molecule has 120 valence electrons. The fraction of sp³-hybridized carbons (Fsp3) is 0.429. The summed E-state index contributed by atoms with van der Waals surface area (Å²) in [6.45, 7) is 0.740. The molecule has 1 heterocycles. The molecule has 0 bridgehead atoms. The molecule has 2 rings (SSSR count). The molecule has 1 aliphatic rings. The van der Waals surface area contributed by atoms with Gasteiger partial charge in [-0.3, -0.25) is 9.59 Å². The molecule has 1 aliphatic heterocycles. The van der Waals surface area contributed by atoms with Gasteiger partial charge in [-0.25, -0.2) is 4.39 Å². The van der Waals surface area contributed by atoms with Crippen molar-refractivity contribution in [1.82, 2.24) is 5.32 Å². The van der Waals surface area contributed by atoms with Gasteiger partial charge < -0.3 is 26.0 Å². The number of nitrogens with zero attached hydrogens (tertiary/aromatic N) is 1. The van der Waals surface area contributed by atoms with E-state index in [1.54, 1.807) is 13.1 Å². The van der Waals surface area contributed by atoms with E-state index in [9.17, 15) is 14.0 Å². The lowest BCUT2D eigenvalue weighted by Gasteiger charge is -2.27. The van der Waals surface area contributed by atoms with Gasteiger partial charge in [0.1, 0.15) is 12.4 Å². The van der Waals surface area contributed by atoms with E-state index in [0.29, 0.717) is 18.8 Å². The molecule has 7 nitrogen and oxygen atoms in total. The van der Waals surface area contributed by atoms with Crippen LogP contribution in [0, 0.1) is 5.82 Å². The molecule has 8 heteroatoms. The molecule has 22 heavy (non-hydrogen) atoms. The number of carbonyl (C=O) groups excluding carboxylic acids is 2. The van der Waals surface area contributed by atoms with Crippen LogP contribution >= 0.6 is 0 Å². The molecule has 1 fully saturated rings. The average Bonchev–Trinajstić information content (AvgIpc) is 2.50. The summed E-state index contributed by atoms with van der Waals surface area (Å²) in [5, 5.41) is 5.33. The van der Waals surface area contributed by atoms with Gasteiger partial charge in [0.2, 0.25) is 5.91 Å². The van der Waals surface area contributed by atoms with Crippen LogP contribution in [0.1, 0.15) is 0 Å². The Labute approximate surface area is 127 Å². The molecular weight excluding hydrogens is 291 g/mol. The lowest BCUT2D eigenvalue weighted by Crippen LogP contribution is -2.44. The van der Waals surface area contributed by atoms with Crippen LogP contribution in [0.4, 0.5) is 15.8 Å². The number of likely N-dealkylation sites (N-methyl/N-ethyl adjacent to an activating group) is 1. The topological polar surface area (TPSA) is 96.7 Å². The Morgan fingerprint density at radius 2 is 2.32 bits per heavy atom. The number of nitrogens with one attached hydrogen (secondary N) is 2. The Morgan fingerprint density at radius 3 is 2.91 bits per heavy atom. The number of amides is 2. The smallest absolute Gasteiger partial charge is 0.253 e. The maximum atomic E-state index is 14.2. The van der Waals surface area contributed by atoms with E-state index < -0.39 is 11.9 Å². The first-order valence-corrected chi connectivity index (χ1v) is 6.92. The van der Waals surface area contributed by atoms with Crippen molar-refractivity contribution in [2.24, 2.45) is 5.73 Å². The third-order valence-corrected chi connectivity index (χ3v) is 3.39. The van der Waals surface area contributed by atoms with Crippen molar-refractivity contribution in [2.75, 3.05) is 43.6 Å². The number of nitrogens with two attached hydrogens (primary N) is 1. The number of carbonyl (C=O) groups is 2. The van der Waals surface area contributed by atoms with Crippen molar-refractivity contribution in [1.29, 1.82) is 0 Å². The van der Waals surface area contributed by atoms with E-state index in [-0.39, 0.29) is 30.7 Å². The molecule has 0 saturated carbocycles. The third-order valence-electron chi connectivity index (χ3n) is 3.39. The molecule has 0 aromatic heterocycles. The first kappa shape index (κ1) is 16.3. The number of rotatable bonds is 5. The Bertz CT molecular complexity index is 563. The van der Waals surface area contributed by atoms with E-state index in [2.05, 4.69) is 10.6 Å². The van der Waals surface area contributed by atoms with Crippen LogP contribution < -0.4 is 21.3 Å². The van der Waals surface area contributed by atoms with Gasteiger partial charge in [0.15, 0.2) is 0 Å². The van der Waals surface area contributed by atoms with E-state index in [1.807, 2.05) is 0 Å². The fourth-order valence-corrected chi connectivity index (χ4v) is 2.16. The number of morpholine rings is 1. The maximum Gasteiger partial charge on any atom is 0.253 e. The summed E-state index contributed by atoms with van der Waals surface area (Å²) in [7, 11) is 1.62. The summed E-state index contributed by atoms with van der Waals surface area (Å²) >= 11 is 0. The number of halogens is 1. The maximum absolute atomic E-state index is 14.2. The van der Waals surface area contributed by atoms with Gasteiger partial charge in [-0.2, -0.15) is 0 Å². The summed E-state index contributed by atoms with van der Waals surface area (Å²) in [6, 6.07) is 3.63. The molecule has 1 aromatic carbocycles. The summed E-state index contributed by atoms with van der Waals surface area (Å²) < 4.78 is 19.2. The zero-order chi connectivity index (χ0) is 16.1. The molecule has 0 unspecified atom stereocenters. The van der Waals surface area contributed by atoms with Crippen molar-refractivity contribution >= 4 is 23.2 Å². The van der Waals surface area contributed by atoms with Gasteiger partial charge >= 0.3 is 0 Å². The molecule has 0 aliphatic carbocycles. The van der Waals surface area contributed by atoms with Crippen molar-refractivity contribution in [2.45, 2.75) is 6.04 Å². The normalized spacial score (nSPS) is 16.5. The zero-order valence-corrected chi connectivity index (χ0v) is 12.3. The van der Waals surface area contributed by atoms with Crippen LogP contribution in [0.2, 0.25) is 0 Å². The molecule has 1 saturated heterocycles. The van der Waals surface area contributed by atoms with Crippen molar-refractivity contribution in [3.63, 3.8) is 0 Å². The minimum atomic E-state index is -0.582. The Balaban J connectivity index is 2.12. The second kappa shape index (κ2) is 7.30. The standard InChI is InChI=1S/C14H19FN4O3/c1-17-11(7-16)14(21)18-9-2-3-12(10(15)6-9)19-4-5-22-8-13(19)20/h2-3,6,11,17H,4-5,7-8,16H2,1H3,(H,18,21)/t11-/m1/s1. The molecule has 1 atom stereocenters. The number of hydrogen-bond acceptors (Lipinski definition) is 5. The molecule has 4 N–H and O–H groups in total. The summed E-state index contributed by atoms with van der Waals surface area (Å²) in [6.07, 6.45) is 0. The van der Waals surface area contributed by atoms with Crippen LogP contribution in [-0.2, 0) is 14.3 Å². The van der Waals surface area contributed by atoms with Crippen molar-refractivity contribution < 1.29 is 18.7 Å². The third kappa shape index (κ3) is 3.59. The number of anilines is 2. The Morgan fingerprint density at radius 1 is 1.55 bits per heavy atom. The summed E-state index contributed by atoms with van der Waals surface area (Å²) in [4.78, 5) is 24.9. The first-order valence-electron chi connectivity index (χ1n) is 6.92. The van der Waals surface area contributed by atoms with Crippen LogP contribution in [0.5, 0.6) is 0 Å². The van der Waals surface area contributed by atoms with Crippen LogP contribution in [-0.4, -0.2) is 51.2 Å². The second-order valence-corrected chi connectivity index (χ2v) is 4.83. The van der Waals surface area contributed by atoms with Crippen LogP contribution in [0.25, 0.3) is 0 Å². The van der Waals surface area contributed by atoms with Crippen LogP contribution in [0.15, 0.2) is 18.2 Å². The Kier molecular flexibility index (Phi) is 5.42. The van der Waals surface area contributed by atoms with Gasteiger partial charge in [-0.1, -0.05) is 0 Å². The lowest BCUT2D eigenvalue weighted by atomic mass is 10.2. The van der Waals surface area contributed by atoms with E-state index >= 15 is 0 Å². The first-order chi connectivity index (χ1) is 10.6. The monoisotopic (exact) mass is 310 g/mol. The predicted molar refractivity (Wildman–Crippen MR) is 80.1 cm³/mol. The van der Waals surface area contributed by atoms with Gasteiger partial charge in [-0.05, 0) is 25.2 Å². The molecule has 0 radical (unpaired) electrons.